The van der Waals surface area contributed by atoms with E-state index in [1.165, 1.54) is 0 Å². The molecular weight excluding hydrogens is 354 g/mol. The van der Waals surface area contributed by atoms with Gasteiger partial charge in [0.05, 0.1) is 6.61 Å². The van der Waals surface area contributed by atoms with Crippen LogP contribution in [0, 0.1) is 11.3 Å². The van der Waals surface area contributed by atoms with E-state index in [-0.39, 0.29) is 29.2 Å². The number of carbonyl (C=O) groups is 2. The van der Waals surface area contributed by atoms with E-state index < -0.39 is 0 Å². The van der Waals surface area contributed by atoms with Crippen molar-refractivity contribution < 1.29 is 14.3 Å². The third-order valence-electron chi connectivity index (χ3n) is 6.65. The molecule has 0 radical (unpaired) electrons. The minimum Gasteiger partial charge on any atom is -0.494 e. The number of rotatable bonds is 5. The van der Waals surface area contributed by atoms with Gasteiger partial charge >= 0.3 is 0 Å². The smallest absolute Gasteiger partial charge is 0.253 e. The molecule has 1 aromatic rings. The second-order valence-electron chi connectivity index (χ2n) is 8.40. The lowest BCUT2D eigenvalue weighted by atomic mass is 9.91. The Morgan fingerprint density at radius 1 is 1.18 bits per heavy atom. The van der Waals surface area contributed by atoms with Crippen molar-refractivity contribution in [1.29, 1.82) is 0 Å². The summed E-state index contributed by atoms with van der Waals surface area (Å²) in [5, 5.41) is 6.64. The summed E-state index contributed by atoms with van der Waals surface area (Å²) in [5.41, 5.74) is 0.969. The highest BCUT2D eigenvalue weighted by Crippen LogP contribution is 2.58. The fourth-order valence-corrected chi connectivity index (χ4v) is 4.77. The van der Waals surface area contributed by atoms with Gasteiger partial charge in [0.15, 0.2) is 0 Å². The van der Waals surface area contributed by atoms with Gasteiger partial charge in [0.25, 0.3) is 5.91 Å². The highest BCUT2D eigenvalue weighted by Gasteiger charge is 2.57. The third kappa shape index (κ3) is 4.02. The van der Waals surface area contributed by atoms with E-state index >= 15 is 0 Å². The fraction of sp³-hybridized carbons (Fsp3) is 0.636. The Labute approximate surface area is 167 Å². The van der Waals surface area contributed by atoms with Gasteiger partial charge < -0.3 is 20.3 Å². The Balaban J connectivity index is 1.24. The van der Waals surface area contributed by atoms with Gasteiger partial charge in [-0.2, -0.15) is 0 Å². The molecule has 0 bridgehead atoms. The van der Waals surface area contributed by atoms with Gasteiger partial charge in [-0.3, -0.25) is 9.59 Å². The molecule has 1 atom stereocenters. The molecule has 1 unspecified atom stereocenters. The van der Waals surface area contributed by atoms with E-state index in [4.69, 9.17) is 4.74 Å². The molecule has 2 saturated heterocycles. The van der Waals surface area contributed by atoms with E-state index in [0.29, 0.717) is 25.3 Å². The molecular formula is C22H31N3O3. The van der Waals surface area contributed by atoms with Crippen molar-refractivity contribution in [3.63, 3.8) is 0 Å². The first kappa shape index (κ1) is 19.2. The molecule has 0 aromatic heterocycles. The molecule has 2 N–H and O–H groups in total. The third-order valence-corrected chi connectivity index (χ3v) is 6.65. The van der Waals surface area contributed by atoms with Crippen molar-refractivity contribution in [2.24, 2.45) is 11.3 Å². The second-order valence-corrected chi connectivity index (χ2v) is 8.40. The first-order valence-corrected chi connectivity index (χ1v) is 10.6. The van der Waals surface area contributed by atoms with Crippen LogP contribution in [0.25, 0.3) is 0 Å². The molecule has 6 heteroatoms. The molecule has 2 amide bonds. The highest BCUT2D eigenvalue weighted by molar-refractivity contribution is 5.94. The summed E-state index contributed by atoms with van der Waals surface area (Å²) < 4.78 is 5.43. The number of likely N-dealkylation sites (tertiary alicyclic amines) is 1. The number of nitrogens with zero attached hydrogens (tertiary/aromatic N) is 1. The minimum atomic E-state index is 0.0590. The average molecular weight is 386 g/mol. The van der Waals surface area contributed by atoms with E-state index in [1.807, 2.05) is 36.1 Å². The summed E-state index contributed by atoms with van der Waals surface area (Å²) in [4.78, 5) is 27.2. The van der Waals surface area contributed by atoms with Gasteiger partial charge in [0, 0.05) is 30.6 Å². The molecule has 152 valence electrons. The number of ether oxygens (including phenoxy) is 1. The lowest BCUT2D eigenvalue weighted by Crippen LogP contribution is -2.47. The molecule has 1 spiro atoms. The summed E-state index contributed by atoms with van der Waals surface area (Å²) in [6, 6.07) is 7.53. The van der Waals surface area contributed by atoms with Crippen LogP contribution in [-0.2, 0) is 4.79 Å². The monoisotopic (exact) mass is 385 g/mol. The average Bonchev–Trinajstić information content (AvgIpc) is 3.42. The largest absolute Gasteiger partial charge is 0.494 e. The van der Waals surface area contributed by atoms with Gasteiger partial charge in [0.2, 0.25) is 5.91 Å². The zero-order chi connectivity index (χ0) is 19.6. The van der Waals surface area contributed by atoms with E-state index in [1.54, 1.807) is 0 Å². The minimum absolute atomic E-state index is 0.0590. The first-order valence-electron chi connectivity index (χ1n) is 10.6. The van der Waals surface area contributed by atoms with Crippen LogP contribution in [0.3, 0.4) is 0 Å². The van der Waals surface area contributed by atoms with Crippen molar-refractivity contribution in [2.75, 3.05) is 32.8 Å². The van der Waals surface area contributed by atoms with Crippen LogP contribution in [0.2, 0.25) is 0 Å². The molecule has 2 aliphatic heterocycles. The standard InChI is InChI=1S/C22H31N3O3/c1-2-28-18-5-3-16(4-6-18)21(27)25-13-7-17(8-14-25)24-20(26)19-15-22(19)9-11-23-12-10-22/h3-6,17,19,23H,2,7-15H2,1H3,(H,24,26). The van der Waals surface area contributed by atoms with Crippen LogP contribution in [0.1, 0.15) is 49.4 Å². The van der Waals surface area contributed by atoms with Crippen LogP contribution in [0.4, 0.5) is 0 Å². The zero-order valence-corrected chi connectivity index (χ0v) is 16.7. The van der Waals surface area contributed by atoms with Crippen LogP contribution >= 0.6 is 0 Å². The van der Waals surface area contributed by atoms with Crippen molar-refractivity contribution >= 4 is 11.8 Å². The van der Waals surface area contributed by atoms with E-state index in [9.17, 15) is 9.59 Å². The fourth-order valence-electron chi connectivity index (χ4n) is 4.77. The Morgan fingerprint density at radius 2 is 1.86 bits per heavy atom. The number of benzene rings is 1. The maximum Gasteiger partial charge on any atom is 0.253 e. The van der Waals surface area contributed by atoms with Crippen LogP contribution < -0.4 is 15.4 Å². The predicted molar refractivity (Wildman–Crippen MR) is 107 cm³/mol. The molecule has 28 heavy (non-hydrogen) atoms. The molecule has 2 heterocycles. The van der Waals surface area contributed by atoms with Gasteiger partial charge in [0.1, 0.15) is 5.75 Å². The SMILES string of the molecule is CCOc1ccc(C(=O)N2CCC(NC(=O)C3CC34CCNCC4)CC2)cc1. The van der Waals surface area contributed by atoms with Crippen molar-refractivity contribution in [2.45, 2.75) is 45.1 Å². The lowest BCUT2D eigenvalue weighted by molar-refractivity contribution is -0.124. The maximum absolute atomic E-state index is 12.7. The second kappa shape index (κ2) is 8.11. The molecule has 4 rings (SSSR count). The topological polar surface area (TPSA) is 70.7 Å². The Morgan fingerprint density at radius 3 is 2.50 bits per heavy atom. The van der Waals surface area contributed by atoms with E-state index in [2.05, 4.69) is 10.6 Å². The molecule has 3 aliphatic rings. The summed E-state index contributed by atoms with van der Waals surface area (Å²) in [6.07, 6.45) is 4.96. The first-order chi connectivity index (χ1) is 13.6. The molecule has 6 nitrogen and oxygen atoms in total. The zero-order valence-electron chi connectivity index (χ0n) is 16.7. The maximum atomic E-state index is 12.7. The van der Waals surface area contributed by atoms with Gasteiger partial charge in [-0.05, 0) is 81.8 Å². The molecule has 3 fully saturated rings. The highest BCUT2D eigenvalue weighted by atomic mass is 16.5. The lowest BCUT2D eigenvalue weighted by Gasteiger charge is -2.33. The molecule has 1 aromatic carbocycles. The van der Waals surface area contributed by atoms with Gasteiger partial charge in [-0.1, -0.05) is 0 Å². The van der Waals surface area contributed by atoms with Crippen molar-refractivity contribution in [1.82, 2.24) is 15.5 Å². The predicted octanol–water partition coefficient (Wildman–Crippen LogP) is 2.20. The number of nitrogens with one attached hydrogen (secondary N) is 2. The van der Waals surface area contributed by atoms with Crippen LogP contribution in [-0.4, -0.2) is 55.5 Å². The van der Waals surface area contributed by atoms with Crippen molar-refractivity contribution in [3.8, 4) is 5.75 Å². The summed E-state index contributed by atoms with van der Waals surface area (Å²) in [7, 11) is 0. The van der Waals surface area contributed by atoms with Crippen LogP contribution in [0.15, 0.2) is 24.3 Å². The van der Waals surface area contributed by atoms with Gasteiger partial charge in [-0.25, -0.2) is 0 Å². The number of carbonyl (C=O) groups excluding carboxylic acids is 2. The quantitative estimate of drug-likeness (QED) is 0.815. The normalized spacial score (nSPS) is 24.0. The number of hydrogen-bond acceptors (Lipinski definition) is 4. The number of amides is 2. The summed E-state index contributed by atoms with van der Waals surface area (Å²) >= 11 is 0. The molecule has 1 aliphatic carbocycles. The Bertz CT molecular complexity index is 704. The summed E-state index contributed by atoms with van der Waals surface area (Å²) in [5.74, 6) is 1.28. The number of hydrogen-bond donors (Lipinski definition) is 2. The molecule has 1 saturated carbocycles. The summed E-state index contributed by atoms with van der Waals surface area (Å²) in [6.45, 7) is 6.02. The Kier molecular flexibility index (Phi) is 5.58. The van der Waals surface area contributed by atoms with E-state index in [0.717, 1.165) is 50.9 Å². The van der Waals surface area contributed by atoms with Crippen molar-refractivity contribution in [3.05, 3.63) is 29.8 Å². The number of piperidine rings is 2. The van der Waals surface area contributed by atoms with Gasteiger partial charge in [-0.15, -0.1) is 0 Å². The van der Waals surface area contributed by atoms with Crippen LogP contribution in [0.5, 0.6) is 5.75 Å². The Hall–Kier alpha value is -2.08.